The van der Waals surface area contributed by atoms with E-state index in [9.17, 15) is 0 Å². The predicted molar refractivity (Wildman–Crippen MR) is 108 cm³/mol. The van der Waals surface area contributed by atoms with E-state index in [1.165, 1.54) is 16.7 Å². The van der Waals surface area contributed by atoms with Crippen LogP contribution in [0.25, 0.3) is 5.73 Å². The summed E-state index contributed by atoms with van der Waals surface area (Å²) in [4.78, 5) is 0. The van der Waals surface area contributed by atoms with E-state index in [0.717, 1.165) is 0 Å². The van der Waals surface area contributed by atoms with Gasteiger partial charge in [-0.3, -0.25) is 6.08 Å². The second kappa shape index (κ2) is 22.9. The number of hydrogen-bond donors (Lipinski definition) is 2. The molecule has 1 unspecified atom stereocenters. The number of aliphatic hydroxyl groups is 2. The molecule has 1 atom stereocenters. The van der Waals surface area contributed by atoms with E-state index in [4.69, 9.17) is 15.9 Å². The van der Waals surface area contributed by atoms with Crippen molar-refractivity contribution in [1.29, 1.82) is 0 Å². The fraction of sp³-hybridized carbons (Fsp3) is 0.688. The Hall–Kier alpha value is 0.871. The van der Waals surface area contributed by atoms with E-state index in [0.29, 0.717) is 5.92 Å². The molecule has 23 heavy (non-hydrogen) atoms. The first-order valence-electron chi connectivity index (χ1n) is 6.64. The standard InChI is InChI=1S/C9H13.C4H10N.C2H6O2.CH3.2ClH.H2Si.Ti/c1-6-5-7(2)9(4)8(6)3;1-4(2,3)5;3-1-2-4;;;;;/h6H,1-4H3;5H,1-3H3;3-4H,1-2H2;1H3;2*1H;1H2;/q2*-1;;-1;;;;. The number of allylic oxidation sites excluding steroid dienone is 4. The summed E-state index contributed by atoms with van der Waals surface area (Å²) in [5, 5.41) is 15.2. The summed E-state index contributed by atoms with van der Waals surface area (Å²) in [6.45, 7) is 14.0. The molecule has 0 aromatic carbocycles. The Kier molecular flexibility index (Phi) is 38.9. The maximum atomic E-state index is 7.62. The van der Waals surface area contributed by atoms with Gasteiger partial charge in [0.25, 0.3) is 0 Å². The Morgan fingerprint density at radius 3 is 1.39 bits per heavy atom. The van der Waals surface area contributed by atoms with Crippen LogP contribution >= 0.6 is 24.8 Å². The molecule has 0 bridgehead atoms. The van der Waals surface area contributed by atoms with E-state index in [1.807, 2.05) is 47.6 Å². The fourth-order valence-electron chi connectivity index (χ4n) is 1.16. The van der Waals surface area contributed by atoms with Crippen molar-refractivity contribution in [3.8, 4) is 0 Å². The van der Waals surface area contributed by atoms with Gasteiger partial charge in [-0.2, -0.15) is 11.1 Å². The van der Waals surface area contributed by atoms with Gasteiger partial charge in [-0.05, 0) is 0 Å². The van der Waals surface area contributed by atoms with Gasteiger partial charge in [0.2, 0.25) is 0 Å². The molecule has 0 amide bonds. The van der Waals surface area contributed by atoms with Crippen LogP contribution in [0.5, 0.6) is 0 Å². The first kappa shape index (κ1) is 39.1. The van der Waals surface area contributed by atoms with Gasteiger partial charge in [-0.1, -0.05) is 47.5 Å². The molecule has 0 aromatic heterocycles. The molecule has 0 spiro atoms. The van der Waals surface area contributed by atoms with Gasteiger partial charge < -0.3 is 23.4 Å². The first-order chi connectivity index (χ1) is 9.04. The number of rotatable bonds is 1. The fourth-order valence-corrected chi connectivity index (χ4v) is 1.16. The maximum absolute atomic E-state index is 7.62. The second-order valence-electron chi connectivity index (χ2n) is 5.50. The molecule has 0 heterocycles. The molecule has 0 saturated heterocycles. The molecule has 142 valence electrons. The van der Waals surface area contributed by atoms with Crippen LogP contribution in [0.2, 0.25) is 0 Å². The van der Waals surface area contributed by atoms with Gasteiger partial charge in [0.05, 0.1) is 13.2 Å². The molecular formula is C16H36Cl2NO2SiTi-3. The predicted octanol–water partition coefficient (Wildman–Crippen LogP) is 3.91. The van der Waals surface area contributed by atoms with Gasteiger partial charge in [0, 0.05) is 0 Å². The van der Waals surface area contributed by atoms with Crippen molar-refractivity contribution in [3.05, 3.63) is 36.0 Å². The minimum atomic E-state index is -0.250. The molecule has 3 nitrogen and oxygen atoms in total. The quantitative estimate of drug-likeness (QED) is 0.498. The van der Waals surface area contributed by atoms with E-state index in [2.05, 4.69) is 33.8 Å². The molecule has 7 heteroatoms. The van der Waals surface area contributed by atoms with Crippen LogP contribution in [0.4, 0.5) is 0 Å². The number of hydrogen-bond acceptors (Lipinski definition) is 2. The van der Waals surface area contributed by atoms with Gasteiger partial charge in [-0.25, -0.2) is 5.57 Å². The Morgan fingerprint density at radius 1 is 1.09 bits per heavy atom. The van der Waals surface area contributed by atoms with Gasteiger partial charge >= 0.3 is 26.8 Å². The Morgan fingerprint density at radius 2 is 1.35 bits per heavy atom. The number of aliphatic hydroxyl groups excluding tert-OH is 2. The molecule has 0 aromatic rings. The summed E-state index contributed by atoms with van der Waals surface area (Å²) < 4.78 is 0. The normalized spacial score (nSPS) is 14.7. The Balaban J connectivity index is -0.0000000455. The third kappa shape index (κ3) is 31.2. The number of nitrogens with one attached hydrogen (secondary N) is 1. The minimum absolute atomic E-state index is 0. The van der Waals surface area contributed by atoms with Crippen molar-refractivity contribution in [1.82, 2.24) is 0 Å². The molecule has 0 fully saturated rings. The summed E-state index contributed by atoms with van der Waals surface area (Å²) in [5.74, 6) is 0.560. The molecule has 0 aliphatic heterocycles. The van der Waals surface area contributed by atoms with Crippen molar-refractivity contribution < 1.29 is 29.4 Å². The average Bonchev–Trinajstić information content (AvgIpc) is 2.57. The van der Waals surface area contributed by atoms with Crippen molar-refractivity contribution >= 4 is 32.4 Å². The van der Waals surface area contributed by atoms with Crippen molar-refractivity contribution in [3.63, 3.8) is 0 Å². The van der Waals surface area contributed by atoms with E-state index >= 15 is 0 Å². The van der Waals surface area contributed by atoms with E-state index in [1.54, 1.807) is 0 Å². The topological polar surface area (TPSA) is 64.3 Å². The number of halogens is 2. The third-order valence-electron chi connectivity index (χ3n) is 2.34. The molecule has 0 radical (unpaired) electrons. The Bertz CT molecular complexity index is 312. The van der Waals surface area contributed by atoms with Crippen molar-refractivity contribution in [2.75, 3.05) is 13.2 Å². The molecule has 0 saturated carbocycles. The first-order valence-corrected chi connectivity index (χ1v) is 10.7. The van der Waals surface area contributed by atoms with Crippen LogP contribution in [0.1, 0.15) is 48.5 Å². The van der Waals surface area contributed by atoms with Gasteiger partial charge in [0.1, 0.15) is 0 Å². The van der Waals surface area contributed by atoms with E-state index in [-0.39, 0.29) is 51.0 Å². The second-order valence-corrected chi connectivity index (χ2v) is 5.50. The summed E-state index contributed by atoms with van der Waals surface area (Å²) in [6.07, 6.45) is 3.36. The zero-order chi connectivity index (χ0) is 16.9. The van der Waals surface area contributed by atoms with Crippen LogP contribution in [-0.2, 0) is 19.2 Å². The molecule has 3 N–H and O–H groups in total. The summed E-state index contributed by atoms with van der Waals surface area (Å²) in [6, 6.07) is 0. The van der Waals surface area contributed by atoms with Gasteiger partial charge in [-0.15, -0.1) is 37.3 Å². The zero-order valence-corrected chi connectivity index (χ0v) is 20.5. The van der Waals surface area contributed by atoms with Crippen LogP contribution < -0.4 is 0 Å². The average molecular weight is 421 g/mol. The monoisotopic (exact) mass is 420 g/mol. The third-order valence-corrected chi connectivity index (χ3v) is 2.34. The molecular weight excluding hydrogens is 385 g/mol. The van der Waals surface area contributed by atoms with Crippen molar-refractivity contribution in [2.45, 2.75) is 54.0 Å². The molecule has 1 aliphatic carbocycles. The van der Waals surface area contributed by atoms with Crippen LogP contribution in [0, 0.1) is 19.4 Å². The summed E-state index contributed by atoms with van der Waals surface area (Å²) in [5.41, 5.74) is 10.9. The Labute approximate surface area is 170 Å². The molecule has 1 rings (SSSR count). The van der Waals surface area contributed by atoms with Crippen molar-refractivity contribution in [2.24, 2.45) is 5.92 Å². The van der Waals surface area contributed by atoms with Gasteiger partial charge in [0.15, 0.2) is 0 Å². The van der Waals surface area contributed by atoms with Crippen LogP contribution in [-0.4, -0.2) is 36.6 Å². The zero-order valence-electron chi connectivity index (χ0n) is 15.9. The summed E-state index contributed by atoms with van der Waals surface area (Å²) in [7, 11) is 1.86. The van der Waals surface area contributed by atoms with Crippen LogP contribution in [0.3, 0.4) is 0 Å². The molecule has 1 aliphatic rings. The SMILES string of the molecule is CC(C)(C)[NH-].CC1=[C-]C(C)C(C)=C1C.Cl.Cl.OCCO.[CH3-].[SiH2]=[Ti]. The summed E-state index contributed by atoms with van der Waals surface area (Å²) >= 11 is 2.03. The van der Waals surface area contributed by atoms with E-state index < -0.39 is 0 Å². The van der Waals surface area contributed by atoms with Crippen LogP contribution in [0.15, 0.2) is 16.7 Å².